The molecule has 0 saturated heterocycles. The van der Waals surface area contributed by atoms with E-state index in [1.807, 2.05) is 52.0 Å². The van der Waals surface area contributed by atoms with Crippen molar-refractivity contribution in [1.82, 2.24) is 0 Å². The highest BCUT2D eigenvalue weighted by Crippen LogP contribution is 2.12. The molecule has 25 heavy (non-hydrogen) atoms. The second kappa shape index (κ2) is 8.47. The van der Waals surface area contributed by atoms with Gasteiger partial charge < -0.3 is 9.47 Å². The molecule has 0 atom stereocenters. The van der Waals surface area contributed by atoms with Crippen molar-refractivity contribution in [2.24, 2.45) is 0 Å². The summed E-state index contributed by atoms with van der Waals surface area (Å²) < 4.78 is 10.4. The van der Waals surface area contributed by atoms with Crippen LogP contribution in [-0.2, 0) is 9.47 Å². The molecular formula is C21H24O4. The van der Waals surface area contributed by atoms with E-state index in [0.29, 0.717) is 17.5 Å². The van der Waals surface area contributed by atoms with Gasteiger partial charge in [-0.25, -0.2) is 9.59 Å². The lowest BCUT2D eigenvalue weighted by Gasteiger charge is -2.08. The number of benzene rings is 2. The van der Waals surface area contributed by atoms with Crippen LogP contribution in [0.4, 0.5) is 0 Å². The van der Waals surface area contributed by atoms with Gasteiger partial charge in [-0.1, -0.05) is 12.1 Å². The first-order chi connectivity index (χ1) is 11.9. The van der Waals surface area contributed by atoms with Crippen LogP contribution in [0.15, 0.2) is 36.4 Å². The summed E-state index contributed by atoms with van der Waals surface area (Å²) in [5, 5.41) is 0. The molecule has 0 saturated carbocycles. The second-order valence-electron chi connectivity index (χ2n) is 6.22. The minimum Gasteiger partial charge on any atom is -0.462 e. The number of carbonyl (C=O) groups is 2. The Morgan fingerprint density at radius 3 is 1.44 bits per heavy atom. The first-order valence-corrected chi connectivity index (χ1v) is 8.37. The number of aryl methyl sites for hydroxylation is 4. The van der Waals surface area contributed by atoms with Crippen LogP contribution in [0.2, 0.25) is 0 Å². The molecule has 0 aromatic heterocycles. The van der Waals surface area contributed by atoms with Crippen molar-refractivity contribution in [3.8, 4) is 0 Å². The fraction of sp³-hybridized carbons (Fsp3) is 0.333. The molecule has 0 bridgehead atoms. The lowest BCUT2D eigenvalue weighted by atomic mass is 10.1. The Morgan fingerprint density at radius 2 is 1.08 bits per heavy atom. The lowest BCUT2D eigenvalue weighted by molar-refractivity contribution is 0.0396. The standard InChI is InChI=1S/C21H24O4/c1-14-6-8-18(12-16(14)3)20(22)24-10-5-11-25-21(23)19-9-7-15(2)17(4)13-19/h6-9,12-13H,5,10-11H2,1-4H3. The van der Waals surface area contributed by atoms with Crippen molar-refractivity contribution in [2.45, 2.75) is 34.1 Å². The van der Waals surface area contributed by atoms with Gasteiger partial charge in [0.05, 0.1) is 24.3 Å². The van der Waals surface area contributed by atoms with Gasteiger partial charge in [-0.3, -0.25) is 0 Å². The fourth-order valence-corrected chi connectivity index (χ4v) is 2.29. The molecule has 132 valence electrons. The van der Waals surface area contributed by atoms with E-state index in [4.69, 9.17) is 9.47 Å². The van der Waals surface area contributed by atoms with Crippen molar-refractivity contribution in [3.05, 3.63) is 69.8 Å². The highest BCUT2D eigenvalue weighted by Gasteiger charge is 2.10. The van der Waals surface area contributed by atoms with E-state index in [0.717, 1.165) is 22.3 Å². The SMILES string of the molecule is Cc1ccc(C(=O)OCCCOC(=O)c2ccc(C)c(C)c2)cc1C. The number of hydrogen-bond acceptors (Lipinski definition) is 4. The van der Waals surface area contributed by atoms with E-state index < -0.39 is 0 Å². The molecule has 0 N–H and O–H groups in total. The summed E-state index contributed by atoms with van der Waals surface area (Å²) in [5.41, 5.74) is 5.45. The minimum atomic E-state index is -0.358. The topological polar surface area (TPSA) is 52.6 Å². The van der Waals surface area contributed by atoms with Crippen LogP contribution in [0.25, 0.3) is 0 Å². The van der Waals surface area contributed by atoms with E-state index in [9.17, 15) is 9.59 Å². The molecular weight excluding hydrogens is 316 g/mol. The summed E-state index contributed by atoms with van der Waals surface area (Å²) >= 11 is 0. The smallest absolute Gasteiger partial charge is 0.338 e. The van der Waals surface area contributed by atoms with Crippen LogP contribution in [0.1, 0.15) is 49.4 Å². The van der Waals surface area contributed by atoms with Gasteiger partial charge in [0.15, 0.2) is 0 Å². The molecule has 2 aromatic carbocycles. The van der Waals surface area contributed by atoms with Gasteiger partial charge in [0, 0.05) is 6.42 Å². The van der Waals surface area contributed by atoms with E-state index in [2.05, 4.69) is 0 Å². The Hall–Kier alpha value is -2.62. The molecule has 0 aliphatic rings. The van der Waals surface area contributed by atoms with Crippen LogP contribution in [-0.4, -0.2) is 25.2 Å². The van der Waals surface area contributed by atoms with Gasteiger partial charge in [0.1, 0.15) is 0 Å². The normalized spacial score (nSPS) is 10.4. The molecule has 0 spiro atoms. The molecule has 0 fully saturated rings. The lowest BCUT2D eigenvalue weighted by Crippen LogP contribution is -2.11. The average Bonchev–Trinajstić information content (AvgIpc) is 2.59. The number of esters is 2. The van der Waals surface area contributed by atoms with E-state index in [-0.39, 0.29) is 25.2 Å². The number of rotatable bonds is 6. The first kappa shape index (κ1) is 18.7. The van der Waals surface area contributed by atoms with Crippen LogP contribution in [0.5, 0.6) is 0 Å². The third-order valence-electron chi connectivity index (χ3n) is 4.24. The van der Waals surface area contributed by atoms with Crippen LogP contribution in [0, 0.1) is 27.7 Å². The third kappa shape index (κ3) is 5.18. The van der Waals surface area contributed by atoms with Gasteiger partial charge in [0.25, 0.3) is 0 Å². The summed E-state index contributed by atoms with van der Waals surface area (Å²) in [7, 11) is 0. The summed E-state index contributed by atoms with van der Waals surface area (Å²) in [6.07, 6.45) is 0.465. The Morgan fingerprint density at radius 1 is 0.680 bits per heavy atom. The van der Waals surface area contributed by atoms with Crippen LogP contribution >= 0.6 is 0 Å². The molecule has 0 amide bonds. The zero-order chi connectivity index (χ0) is 18.4. The predicted molar refractivity (Wildman–Crippen MR) is 97.0 cm³/mol. The van der Waals surface area contributed by atoms with Gasteiger partial charge >= 0.3 is 11.9 Å². The van der Waals surface area contributed by atoms with Crippen molar-refractivity contribution in [1.29, 1.82) is 0 Å². The number of hydrogen-bond donors (Lipinski definition) is 0. The van der Waals surface area contributed by atoms with Crippen molar-refractivity contribution in [3.63, 3.8) is 0 Å². The maximum Gasteiger partial charge on any atom is 0.338 e. The maximum absolute atomic E-state index is 12.0. The summed E-state index contributed by atoms with van der Waals surface area (Å²) in [6.45, 7) is 8.33. The van der Waals surface area contributed by atoms with Gasteiger partial charge in [0.2, 0.25) is 0 Å². The fourth-order valence-electron chi connectivity index (χ4n) is 2.29. The van der Waals surface area contributed by atoms with Gasteiger partial charge in [-0.2, -0.15) is 0 Å². The molecule has 4 heteroatoms. The van der Waals surface area contributed by atoms with E-state index in [1.54, 1.807) is 12.1 Å². The van der Waals surface area contributed by atoms with E-state index >= 15 is 0 Å². The molecule has 0 unspecified atom stereocenters. The van der Waals surface area contributed by atoms with Crippen molar-refractivity contribution in [2.75, 3.05) is 13.2 Å². The van der Waals surface area contributed by atoms with Gasteiger partial charge in [-0.05, 0) is 74.2 Å². The monoisotopic (exact) mass is 340 g/mol. The molecule has 0 radical (unpaired) electrons. The number of carbonyl (C=O) groups excluding carboxylic acids is 2. The highest BCUT2D eigenvalue weighted by atomic mass is 16.5. The third-order valence-corrected chi connectivity index (χ3v) is 4.24. The Balaban J connectivity index is 1.73. The van der Waals surface area contributed by atoms with Crippen LogP contribution in [0.3, 0.4) is 0 Å². The largest absolute Gasteiger partial charge is 0.462 e. The Labute approximate surface area is 148 Å². The molecule has 4 nitrogen and oxygen atoms in total. The average molecular weight is 340 g/mol. The summed E-state index contributed by atoms with van der Waals surface area (Å²) in [5.74, 6) is -0.716. The molecule has 2 rings (SSSR count). The zero-order valence-corrected chi connectivity index (χ0v) is 15.2. The van der Waals surface area contributed by atoms with Gasteiger partial charge in [-0.15, -0.1) is 0 Å². The first-order valence-electron chi connectivity index (χ1n) is 8.37. The van der Waals surface area contributed by atoms with E-state index in [1.165, 1.54) is 0 Å². The Bertz CT molecular complexity index is 712. The Kier molecular flexibility index (Phi) is 6.34. The quantitative estimate of drug-likeness (QED) is 0.580. The zero-order valence-electron chi connectivity index (χ0n) is 15.2. The van der Waals surface area contributed by atoms with Crippen molar-refractivity contribution >= 4 is 11.9 Å². The second-order valence-corrected chi connectivity index (χ2v) is 6.22. The minimum absolute atomic E-state index is 0.214. The number of ether oxygens (including phenoxy) is 2. The van der Waals surface area contributed by atoms with Crippen LogP contribution < -0.4 is 0 Å². The maximum atomic E-state index is 12.0. The van der Waals surface area contributed by atoms with Crippen molar-refractivity contribution < 1.29 is 19.1 Å². The summed E-state index contributed by atoms with van der Waals surface area (Å²) in [4.78, 5) is 23.9. The molecule has 0 aliphatic heterocycles. The molecule has 0 heterocycles. The summed E-state index contributed by atoms with van der Waals surface area (Å²) in [6, 6.07) is 10.9. The molecule has 2 aromatic rings. The molecule has 0 aliphatic carbocycles. The predicted octanol–water partition coefficient (Wildman–Crippen LogP) is 4.32. The highest BCUT2D eigenvalue weighted by molar-refractivity contribution is 5.90.